The van der Waals surface area contributed by atoms with E-state index in [0.29, 0.717) is 29.9 Å². The Morgan fingerprint density at radius 1 is 1.24 bits per heavy atom. The highest BCUT2D eigenvalue weighted by atomic mass is 19.3. The fraction of sp³-hybridized carbons (Fsp3) is 0.182. The van der Waals surface area contributed by atoms with Crippen molar-refractivity contribution in [2.45, 2.75) is 18.9 Å². The van der Waals surface area contributed by atoms with Crippen molar-refractivity contribution in [3.63, 3.8) is 0 Å². The fourth-order valence-corrected chi connectivity index (χ4v) is 4.21. The van der Waals surface area contributed by atoms with Crippen LogP contribution >= 0.6 is 0 Å². The molecule has 5 aromatic heterocycles. The number of aromatic nitrogens is 7. The molecule has 0 bridgehead atoms. The molecule has 170 valence electrons. The maximum absolute atomic E-state index is 13.6. The summed E-state index contributed by atoms with van der Waals surface area (Å²) in [5.41, 5.74) is 2.55. The van der Waals surface area contributed by atoms with Gasteiger partial charge in [0.2, 0.25) is 5.89 Å². The largest absolute Gasteiger partial charge is 0.412 e. The Morgan fingerprint density at radius 3 is 2.97 bits per heavy atom. The summed E-state index contributed by atoms with van der Waals surface area (Å²) in [6, 6.07) is 7.16. The Balaban J connectivity index is 1.42. The highest BCUT2D eigenvalue weighted by molar-refractivity contribution is 5.90. The van der Waals surface area contributed by atoms with E-state index in [9.17, 15) is 13.6 Å². The minimum atomic E-state index is -2.66. The number of nitrogens with one attached hydrogen (secondary N) is 1. The molecule has 0 aliphatic carbocycles. The van der Waals surface area contributed by atoms with Crippen LogP contribution in [0.1, 0.15) is 45.8 Å². The molecule has 1 atom stereocenters. The van der Waals surface area contributed by atoms with Gasteiger partial charge in [0.1, 0.15) is 6.04 Å². The lowest BCUT2D eigenvalue weighted by Crippen LogP contribution is -2.41. The quantitative estimate of drug-likeness (QED) is 0.436. The number of carbonyl (C=O) groups is 1. The van der Waals surface area contributed by atoms with Crippen molar-refractivity contribution in [1.29, 1.82) is 0 Å². The van der Waals surface area contributed by atoms with Crippen LogP contribution in [0.15, 0.2) is 59.7 Å². The molecule has 1 N–H and O–H groups in total. The van der Waals surface area contributed by atoms with Crippen molar-refractivity contribution < 1.29 is 18.0 Å². The van der Waals surface area contributed by atoms with Crippen molar-refractivity contribution in [1.82, 2.24) is 39.7 Å². The normalized spacial score (nSPS) is 15.7. The van der Waals surface area contributed by atoms with E-state index in [0.717, 1.165) is 5.69 Å². The number of rotatable bonds is 4. The number of pyridine rings is 2. The zero-order chi connectivity index (χ0) is 23.2. The van der Waals surface area contributed by atoms with Crippen molar-refractivity contribution in [3.05, 3.63) is 83.8 Å². The second kappa shape index (κ2) is 7.83. The van der Waals surface area contributed by atoms with Crippen LogP contribution < -0.4 is 0 Å². The summed E-state index contributed by atoms with van der Waals surface area (Å²) in [4.78, 5) is 26.5. The molecule has 0 spiro atoms. The number of alkyl halides is 2. The lowest BCUT2D eigenvalue weighted by atomic mass is 9.99. The van der Waals surface area contributed by atoms with Crippen molar-refractivity contribution >= 4 is 11.4 Å². The van der Waals surface area contributed by atoms with E-state index in [1.54, 1.807) is 43.1 Å². The van der Waals surface area contributed by atoms with E-state index in [4.69, 9.17) is 4.42 Å². The van der Waals surface area contributed by atoms with E-state index in [-0.39, 0.29) is 22.9 Å². The van der Waals surface area contributed by atoms with Crippen LogP contribution in [0, 0.1) is 0 Å². The van der Waals surface area contributed by atoms with Gasteiger partial charge in [0.15, 0.2) is 0 Å². The van der Waals surface area contributed by atoms with Gasteiger partial charge in [0, 0.05) is 42.8 Å². The van der Waals surface area contributed by atoms with E-state index in [2.05, 4.69) is 30.2 Å². The highest BCUT2D eigenvalue weighted by Crippen LogP contribution is 2.35. The van der Waals surface area contributed by atoms with Gasteiger partial charge < -0.3 is 14.3 Å². The van der Waals surface area contributed by atoms with Crippen LogP contribution in [0.25, 0.3) is 17.0 Å². The molecule has 0 aromatic carbocycles. The lowest BCUT2D eigenvalue weighted by Gasteiger charge is -2.32. The Labute approximate surface area is 190 Å². The molecule has 0 saturated carbocycles. The van der Waals surface area contributed by atoms with Gasteiger partial charge in [-0.25, -0.2) is 18.3 Å². The molecule has 1 aliphatic heterocycles. The minimum absolute atomic E-state index is 0.143. The Kier molecular flexibility index (Phi) is 4.64. The molecule has 12 heteroatoms. The summed E-state index contributed by atoms with van der Waals surface area (Å²) in [7, 11) is 0. The van der Waals surface area contributed by atoms with E-state index in [1.807, 2.05) is 0 Å². The first kappa shape index (κ1) is 20.1. The summed E-state index contributed by atoms with van der Waals surface area (Å²) in [5, 5.41) is 12.4. The zero-order valence-corrected chi connectivity index (χ0v) is 17.5. The van der Waals surface area contributed by atoms with Crippen LogP contribution in [0.2, 0.25) is 0 Å². The highest BCUT2D eigenvalue weighted by Gasteiger charge is 2.38. The van der Waals surface area contributed by atoms with Crippen LogP contribution in [-0.4, -0.2) is 52.1 Å². The number of fused-ring (bicyclic) bond motifs is 2. The third kappa shape index (κ3) is 3.22. The number of hydrogen-bond acceptors (Lipinski definition) is 7. The lowest BCUT2D eigenvalue weighted by molar-refractivity contribution is 0.0646. The first-order chi connectivity index (χ1) is 16.6. The van der Waals surface area contributed by atoms with Crippen LogP contribution in [-0.2, 0) is 6.42 Å². The van der Waals surface area contributed by atoms with Gasteiger partial charge >= 0.3 is 11.8 Å². The van der Waals surface area contributed by atoms with Gasteiger partial charge in [-0.3, -0.25) is 9.78 Å². The first-order valence-electron chi connectivity index (χ1n) is 10.4. The van der Waals surface area contributed by atoms with E-state index < -0.39 is 18.4 Å². The topological polar surface area (TPSA) is 118 Å². The second-order valence-electron chi connectivity index (χ2n) is 7.73. The fourth-order valence-electron chi connectivity index (χ4n) is 4.21. The number of halogens is 2. The smallest absolute Gasteiger partial charge is 0.312 e. The van der Waals surface area contributed by atoms with Crippen LogP contribution in [0.4, 0.5) is 8.78 Å². The minimum Gasteiger partial charge on any atom is -0.412 e. The number of imidazole rings is 1. The number of H-pyrrole nitrogens is 1. The number of nitrogens with zero attached hydrogens (tertiary/aromatic N) is 7. The second-order valence-corrected chi connectivity index (χ2v) is 7.73. The summed E-state index contributed by atoms with van der Waals surface area (Å²) in [6.45, 7) is 0.318. The SMILES string of the molecule is O=C(c1nnc(-c2cccnc2)o1)N1CCc2[nH]cnc2[C@H]1c1cc2c(C(F)F)cccn2n1. The van der Waals surface area contributed by atoms with Gasteiger partial charge in [-0.15, -0.1) is 10.2 Å². The molecule has 5 aromatic rings. The molecule has 1 aliphatic rings. The van der Waals surface area contributed by atoms with Crippen molar-refractivity contribution in [2.75, 3.05) is 6.54 Å². The van der Waals surface area contributed by atoms with Crippen molar-refractivity contribution in [3.8, 4) is 11.5 Å². The molecule has 0 unspecified atom stereocenters. The summed E-state index contributed by atoms with van der Waals surface area (Å²) in [5.74, 6) is -0.535. The van der Waals surface area contributed by atoms with Crippen LogP contribution in [0.3, 0.4) is 0 Å². The average Bonchev–Trinajstić information content (AvgIpc) is 3.62. The molecule has 0 radical (unpaired) electrons. The molecule has 34 heavy (non-hydrogen) atoms. The zero-order valence-electron chi connectivity index (χ0n) is 17.5. The molecule has 0 saturated heterocycles. The summed E-state index contributed by atoms with van der Waals surface area (Å²) in [6.07, 6.45) is 4.15. The third-order valence-electron chi connectivity index (χ3n) is 5.77. The van der Waals surface area contributed by atoms with Gasteiger partial charge in [-0.05, 0) is 30.3 Å². The van der Waals surface area contributed by atoms with Gasteiger partial charge in [0.05, 0.1) is 28.8 Å². The predicted molar refractivity (Wildman–Crippen MR) is 113 cm³/mol. The molecule has 10 nitrogen and oxygen atoms in total. The molecule has 6 heterocycles. The van der Waals surface area contributed by atoms with E-state index >= 15 is 0 Å². The predicted octanol–water partition coefficient (Wildman–Crippen LogP) is 3.23. The van der Waals surface area contributed by atoms with Crippen LogP contribution in [0.5, 0.6) is 0 Å². The van der Waals surface area contributed by atoms with Gasteiger partial charge in [-0.2, -0.15) is 5.10 Å². The maximum atomic E-state index is 13.6. The molecule has 6 rings (SSSR count). The van der Waals surface area contributed by atoms with E-state index in [1.165, 1.54) is 21.5 Å². The summed E-state index contributed by atoms with van der Waals surface area (Å²) < 4.78 is 34.1. The molecular weight excluding hydrogens is 446 g/mol. The first-order valence-corrected chi connectivity index (χ1v) is 10.4. The number of aromatic amines is 1. The number of carbonyl (C=O) groups excluding carboxylic acids is 1. The number of hydrogen-bond donors (Lipinski definition) is 1. The average molecular weight is 462 g/mol. The van der Waals surface area contributed by atoms with Gasteiger partial charge in [-0.1, -0.05) is 0 Å². The van der Waals surface area contributed by atoms with Gasteiger partial charge in [0.25, 0.3) is 6.43 Å². The summed E-state index contributed by atoms with van der Waals surface area (Å²) >= 11 is 0. The standard InChI is InChI=1S/C22H16F2N8O2/c23-19(24)13-4-2-7-32-16(13)9-15(30-32)18-17-14(26-11-27-17)5-8-31(18)22(33)21-29-28-20(34-21)12-3-1-6-25-10-12/h1-4,6-7,9-11,18-19H,5,8H2,(H,26,27)/t18-/m1/s1. The monoisotopic (exact) mass is 462 g/mol. The Bertz CT molecular complexity index is 1490. The molecule has 0 fully saturated rings. The maximum Gasteiger partial charge on any atom is 0.312 e. The third-order valence-corrected chi connectivity index (χ3v) is 5.77. The molecular formula is C22H16F2N8O2. The molecule has 1 amide bonds. The number of amides is 1. The van der Waals surface area contributed by atoms with Crippen molar-refractivity contribution in [2.24, 2.45) is 0 Å². The Hall–Kier alpha value is -4.48. The Morgan fingerprint density at radius 2 is 2.15 bits per heavy atom.